The van der Waals surface area contributed by atoms with Crippen molar-refractivity contribution in [3.63, 3.8) is 0 Å². The van der Waals surface area contributed by atoms with E-state index in [4.69, 9.17) is 0 Å². The van der Waals surface area contributed by atoms with E-state index >= 15 is 0 Å². The number of likely N-dealkylation sites (N-methyl/N-ethyl adjacent to an activating group) is 1. The van der Waals surface area contributed by atoms with Gasteiger partial charge in [0, 0.05) is 0 Å². The lowest BCUT2D eigenvalue weighted by Gasteiger charge is -2.35. The second-order valence-electron chi connectivity index (χ2n) is 10.4. The van der Waals surface area contributed by atoms with Crippen molar-refractivity contribution in [2.75, 3.05) is 27.7 Å². The fraction of sp³-hybridized carbons (Fsp3) is 0.846. The minimum Gasteiger partial charge on any atom is -0.373 e. The van der Waals surface area contributed by atoms with Crippen LogP contribution in [0.15, 0.2) is 24.3 Å². The summed E-state index contributed by atoms with van der Waals surface area (Å²) in [5, 5.41) is 8.61. The lowest BCUT2D eigenvalue weighted by molar-refractivity contribution is -0.875. The second-order valence-corrected chi connectivity index (χ2v) is 12.3. The molecule has 0 saturated heterocycles. The number of hydrogen-bond acceptors (Lipinski definition) is 2. The third-order valence-electron chi connectivity index (χ3n) is 5.75. The molecule has 1 unspecified atom stereocenters. The minimum atomic E-state index is -4.55. The third kappa shape index (κ3) is 18.0. The molecule has 0 heterocycles. The minimum absolute atomic E-state index is 0.0520. The Balaban J connectivity index is 3.65. The number of unbranched alkanes of at least 4 members (excludes halogenated alkanes) is 12. The van der Waals surface area contributed by atoms with E-state index in [9.17, 15) is 19.5 Å². The van der Waals surface area contributed by atoms with Crippen molar-refractivity contribution in [2.45, 2.75) is 115 Å². The van der Waals surface area contributed by atoms with Crippen LogP contribution in [0.1, 0.15) is 110 Å². The number of aliphatic hydroxyl groups is 1. The molecule has 1 atom stereocenters. The van der Waals surface area contributed by atoms with Crippen molar-refractivity contribution in [1.82, 2.24) is 0 Å². The Morgan fingerprint density at radius 1 is 0.688 bits per heavy atom. The fourth-order valence-corrected chi connectivity index (χ4v) is 5.03. The molecule has 0 aliphatic heterocycles. The first-order chi connectivity index (χ1) is 15.0. The topological polar surface area (TPSA) is 77.8 Å². The molecule has 6 heteroatoms. The van der Waals surface area contributed by atoms with Crippen LogP contribution >= 0.6 is 7.60 Å². The Bertz CT molecular complexity index is 551. The van der Waals surface area contributed by atoms with Gasteiger partial charge in [-0.05, 0) is 57.8 Å². The van der Waals surface area contributed by atoms with E-state index in [1.807, 2.05) is 21.1 Å². The summed E-state index contributed by atoms with van der Waals surface area (Å²) in [7, 11) is 0.952. The van der Waals surface area contributed by atoms with Crippen LogP contribution in [-0.4, -0.2) is 52.4 Å². The molecule has 0 aliphatic carbocycles. The molecule has 32 heavy (non-hydrogen) atoms. The van der Waals surface area contributed by atoms with E-state index in [0.717, 1.165) is 25.7 Å². The first-order valence-electron chi connectivity index (χ1n) is 12.9. The van der Waals surface area contributed by atoms with Crippen LogP contribution in [0.2, 0.25) is 0 Å². The first-order valence-corrected chi connectivity index (χ1v) is 14.5. The van der Waals surface area contributed by atoms with Gasteiger partial charge in [0.2, 0.25) is 5.34 Å². The van der Waals surface area contributed by atoms with Crippen LogP contribution < -0.4 is 0 Å². The molecule has 0 bridgehead atoms. The van der Waals surface area contributed by atoms with Gasteiger partial charge in [0.15, 0.2) is 0 Å². The highest BCUT2D eigenvalue weighted by molar-refractivity contribution is 7.53. The molecule has 0 aliphatic rings. The maximum atomic E-state index is 11.8. The predicted molar refractivity (Wildman–Crippen MR) is 138 cm³/mol. The number of hydrogen-bond donors (Lipinski definition) is 3. The largest absolute Gasteiger partial charge is 0.373 e. The highest BCUT2D eigenvalue weighted by Crippen LogP contribution is 2.52. The quantitative estimate of drug-likeness (QED) is 0.0729. The molecule has 190 valence electrons. The average Bonchev–Trinajstić information content (AvgIpc) is 2.67. The van der Waals surface area contributed by atoms with Crippen LogP contribution in [0.4, 0.5) is 0 Å². The van der Waals surface area contributed by atoms with Gasteiger partial charge in [0.05, 0.1) is 21.1 Å². The van der Waals surface area contributed by atoms with Crippen molar-refractivity contribution < 1.29 is 23.9 Å². The summed E-state index contributed by atoms with van der Waals surface area (Å²) in [5.41, 5.74) is 0. The Hall–Kier alpha value is -0.450. The molecular weight excluding hydrogens is 421 g/mol. The van der Waals surface area contributed by atoms with E-state index < -0.39 is 12.9 Å². The van der Waals surface area contributed by atoms with Crippen LogP contribution in [0.3, 0.4) is 0 Å². The zero-order valence-corrected chi connectivity index (χ0v) is 22.4. The summed E-state index contributed by atoms with van der Waals surface area (Å²) >= 11 is 0. The maximum absolute atomic E-state index is 11.8. The van der Waals surface area contributed by atoms with Gasteiger partial charge in [-0.15, -0.1) is 0 Å². The van der Waals surface area contributed by atoms with Gasteiger partial charge in [-0.3, -0.25) is 4.57 Å². The van der Waals surface area contributed by atoms with Gasteiger partial charge in [-0.25, -0.2) is 0 Å². The molecule has 5 nitrogen and oxygen atoms in total. The second kappa shape index (κ2) is 18.0. The number of allylic oxidation sites excluding steroid dienone is 4. The van der Waals surface area contributed by atoms with Crippen LogP contribution in [0.5, 0.6) is 0 Å². The standard InChI is InChI=1S/C26H52NO4P/c1-5-6-7-8-9-10-11-12-13-14-15-16-17-18-19-20-21-22-23-24-26(28,32(29,30)31)25-27(2,3)4/h7-8,17-18,28H,5-6,9-16,19-25H2,1-4H3,(H-,29,30,31)/p+1/b8-7-,18-17-. The summed E-state index contributed by atoms with van der Waals surface area (Å²) < 4.78 is 12.1. The predicted octanol–water partition coefficient (Wildman–Crippen LogP) is 6.93. The van der Waals surface area contributed by atoms with Crippen LogP contribution in [0.25, 0.3) is 0 Å². The van der Waals surface area contributed by atoms with Crippen LogP contribution in [0, 0.1) is 0 Å². The molecule has 0 aromatic rings. The van der Waals surface area contributed by atoms with Crippen molar-refractivity contribution in [3.05, 3.63) is 24.3 Å². The Morgan fingerprint density at radius 3 is 1.44 bits per heavy atom. The SMILES string of the molecule is CCC/C=C\CCCCCCCC/C=C\CCCCCCC(O)(C[N+](C)(C)C)P(=O)(O)O. The normalized spacial score (nSPS) is 15.1. The zero-order chi connectivity index (χ0) is 24.3. The summed E-state index contributed by atoms with van der Waals surface area (Å²) in [6.45, 7) is 2.27. The van der Waals surface area contributed by atoms with Gasteiger partial charge < -0.3 is 19.4 Å². The lowest BCUT2D eigenvalue weighted by atomic mass is 10.1. The van der Waals surface area contributed by atoms with Gasteiger partial charge in [0.25, 0.3) is 0 Å². The van der Waals surface area contributed by atoms with Gasteiger partial charge in [-0.2, -0.15) is 0 Å². The maximum Gasteiger partial charge on any atom is 0.362 e. The van der Waals surface area contributed by atoms with E-state index in [2.05, 4.69) is 31.2 Å². The summed E-state index contributed by atoms with van der Waals surface area (Å²) in [5.74, 6) is 0. The molecule has 0 aromatic heterocycles. The average molecular weight is 475 g/mol. The molecule has 0 aromatic carbocycles. The molecular formula is C26H53NO4P+. The third-order valence-corrected chi connectivity index (χ3v) is 7.20. The summed E-state index contributed by atoms with van der Waals surface area (Å²) in [4.78, 5) is 19.2. The van der Waals surface area contributed by atoms with Crippen LogP contribution in [-0.2, 0) is 4.57 Å². The number of quaternary nitrogens is 1. The fourth-order valence-electron chi connectivity index (χ4n) is 3.97. The summed E-state index contributed by atoms with van der Waals surface area (Å²) in [6.07, 6.45) is 26.9. The molecule has 0 amide bonds. The van der Waals surface area contributed by atoms with Gasteiger partial charge in [0.1, 0.15) is 6.54 Å². The Kier molecular flexibility index (Phi) is 17.7. The van der Waals surface area contributed by atoms with Crippen molar-refractivity contribution in [2.24, 2.45) is 0 Å². The highest BCUT2D eigenvalue weighted by atomic mass is 31.2. The molecule has 0 spiro atoms. The van der Waals surface area contributed by atoms with E-state index in [1.54, 1.807) is 0 Å². The lowest BCUT2D eigenvalue weighted by Crippen LogP contribution is -2.49. The molecule has 0 radical (unpaired) electrons. The zero-order valence-electron chi connectivity index (χ0n) is 21.5. The first kappa shape index (κ1) is 31.6. The molecule has 0 rings (SSSR count). The summed E-state index contributed by atoms with van der Waals surface area (Å²) in [6, 6.07) is 0. The Morgan fingerprint density at radius 2 is 1.06 bits per heavy atom. The molecule has 0 fully saturated rings. The Labute approximate surface area is 198 Å². The molecule has 0 saturated carbocycles. The number of nitrogens with zero attached hydrogens (tertiary/aromatic N) is 1. The van der Waals surface area contributed by atoms with Crippen molar-refractivity contribution in [1.29, 1.82) is 0 Å². The van der Waals surface area contributed by atoms with E-state index in [1.165, 1.54) is 64.2 Å². The molecule has 3 N–H and O–H groups in total. The smallest absolute Gasteiger partial charge is 0.362 e. The van der Waals surface area contributed by atoms with Gasteiger partial charge >= 0.3 is 7.60 Å². The van der Waals surface area contributed by atoms with E-state index in [0.29, 0.717) is 10.9 Å². The van der Waals surface area contributed by atoms with E-state index in [-0.39, 0.29) is 13.0 Å². The van der Waals surface area contributed by atoms with Crippen molar-refractivity contribution >= 4 is 7.60 Å². The highest BCUT2D eigenvalue weighted by Gasteiger charge is 2.48. The van der Waals surface area contributed by atoms with Crippen molar-refractivity contribution in [3.8, 4) is 0 Å². The van der Waals surface area contributed by atoms with Gasteiger partial charge in [-0.1, -0.05) is 76.2 Å². The number of rotatable bonds is 21. The monoisotopic (exact) mass is 474 g/mol.